The van der Waals surface area contributed by atoms with Crippen molar-refractivity contribution in [1.82, 2.24) is 0 Å². The van der Waals surface area contributed by atoms with Crippen molar-refractivity contribution >= 4 is 11.5 Å². The van der Waals surface area contributed by atoms with E-state index in [1.54, 1.807) is 6.08 Å². The molecule has 1 aliphatic rings. The highest BCUT2D eigenvalue weighted by Gasteiger charge is 2.36. The summed E-state index contributed by atoms with van der Waals surface area (Å²) in [6.45, 7) is 1.94. The minimum absolute atomic E-state index is 0.416. The summed E-state index contributed by atoms with van der Waals surface area (Å²) >= 11 is 0. The van der Waals surface area contributed by atoms with Gasteiger partial charge >= 0.3 is 6.18 Å². The number of alkyl halides is 3. The van der Waals surface area contributed by atoms with E-state index in [9.17, 15) is 18.0 Å². The van der Waals surface area contributed by atoms with Gasteiger partial charge in [-0.25, -0.2) is 0 Å². The van der Waals surface area contributed by atoms with E-state index >= 15 is 0 Å². The Hall–Kier alpha value is -1.39. The predicted molar refractivity (Wildman–Crippen MR) is 55.5 cm³/mol. The van der Waals surface area contributed by atoms with E-state index in [0.717, 1.165) is 18.9 Å². The van der Waals surface area contributed by atoms with Crippen LogP contribution in [0.3, 0.4) is 0 Å². The van der Waals surface area contributed by atoms with Crippen LogP contribution >= 0.6 is 0 Å². The SMILES string of the molecule is CCCC=CC1N=C(C(F)(F)F)C=CC1=O. The van der Waals surface area contributed by atoms with Crippen LogP contribution in [0, 0.1) is 0 Å². The molecule has 88 valence electrons. The van der Waals surface area contributed by atoms with Crippen LogP contribution in [0.25, 0.3) is 0 Å². The zero-order chi connectivity index (χ0) is 12.2. The van der Waals surface area contributed by atoms with Gasteiger partial charge in [-0.1, -0.05) is 25.5 Å². The van der Waals surface area contributed by atoms with Gasteiger partial charge in [-0.05, 0) is 18.6 Å². The molecule has 0 bridgehead atoms. The predicted octanol–water partition coefficient (Wildman–Crippen LogP) is 2.85. The van der Waals surface area contributed by atoms with Crippen LogP contribution in [0.2, 0.25) is 0 Å². The summed E-state index contributed by atoms with van der Waals surface area (Å²) in [5.74, 6) is -0.416. The molecule has 0 radical (unpaired) electrons. The Labute approximate surface area is 91.6 Å². The molecule has 0 aromatic heterocycles. The maximum absolute atomic E-state index is 12.3. The number of halogens is 3. The molecule has 0 aliphatic carbocycles. The summed E-state index contributed by atoms with van der Waals surface area (Å²) in [6, 6.07) is -1.02. The Kier molecular flexibility index (Phi) is 4.04. The Morgan fingerprint density at radius 3 is 2.69 bits per heavy atom. The second-order valence-electron chi connectivity index (χ2n) is 3.41. The van der Waals surface area contributed by atoms with Crippen molar-refractivity contribution in [2.24, 2.45) is 4.99 Å². The number of aliphatic imine (C=N–C) groups is 1. The fourth-order valence-corrected chi connectivity index (χ4v) is 1.21. The third-order valence-corrected chi connectivity index (χ3v) is 2.04. The summed E-state index contributed by atoms with van der Waals surface area (Å²) in [5, 5.41) is 0. The van der Waals surface area contributed by atoms with Crippen LogP contribution < -0.4 is 0 Å². The molecule has 2 nitrogen and oxygen atoms in total. The number of allylic oxidation sites excluding steroid dienone is 2. The first-order valence-corrected chi connectivity index (χ1v) is 4.98. The lowest BCUT2D eigenvalue weighted by atomic mass is 10.1. The number of hydrogen-bond acceptors (Lipinski definition) is 2. The van der Waals surface area contributed by atoms with Crippen LogP contribution in [0.5, 0.6) is 0 Å². The molecule has 1 heterocycles. The van der Waals surface area contributed by atoms with Gasteiger partial charge in [-0.15, -0.1) is 0 Å². The average Bonchev–Trinajstić information content (AvgIpc) is 2.19. The maximum Gasteiger partial charge on any atom is 0.432 e. The van der Waals surface area contributed by atoms with E-state index in [1.807, 2.05) is 6.92 Å². The van der Waals surface area contributed by atoms with Crippen LogP contribution in [-0.2, 0) is 4.79 Å². The number of hydrogen-bond donors (Lipinski definition) is 0. The standard InChI is InChI=1S/C11H12F3NO/c1-2-3-4-5-8-9(16)6-7-10(15-8)11(12,13)14/h4-8H,2-3H2,1H3. The van der Waals surface area contributed by atoms with E-state index in [-0.39, 0.29) is 0 Å². The minimum Gasteiger partial charge on any atom is -0.292 e. The largest absolute Gasteiger partial charge is 0.432 e. The van der Waals surface area contributed by atoms with E-state index in [4.69, 9.17) is 0 Å². The van der Waals surface area contributed by atoms with Crippen molar-refractivity contribution < 1.29 is 18.0 Å². The summed E-state index contributed by atoms with van der Waals surface area (Å²) in [4.78, 5) is 14.6. The average molecular weight is 231 g/mol. The number of ketones is 1. The summed E-state index contributed by atoms with van der Waals surface area (Å²) in [5.41, 5.74) is -1.00. The highest BCUT2D eigenvalue weighted by atomic mass is 19.4. The smallest absolute Gasteiger partial charge is 0.292 e. The minimum atomic E-state index is -4.49. The number of unbranched alkanes of at least 4 members (excludes halogenated alkanes) is 1. The summed E-state index contributed by atoms with van der Waals surface area (Å²) in [7, 11) is 0. The highest BCUT2D eigenvalue weighted by molar-refractivity contribution is 6.10. The van der Waals surface area contributed by atoms with Crippen LogP contribution in [-0.4, -0.2) is 23.7 Å². The van der Waals surface area contributed by atoms with Crippen molar-refractivity contribution in [1.29, 1.82) is 0 Å². The molecule has 1 aliphatic heterocycles. The maximum atomic E-state index is 12.3. The van der Waals surface area contributed by atoms with E-state index in [2.05, 4.69) is 4.99 Å². The second-order valence-corrected chi connectivity index (χ2v) is 3.41. The first-order chi connectivity index (χ1) is 7.45. The normalized spacial score (nSPS) is 21.6. The summed E-state index contributed by atoms with van der Waals surface area (Å²) < 4.78 is 36.9. The fraction of sp³-hybridized carbons (Fsp3) is 0.455. The molecular weight excluding hydrogens is 219 g/mol. The van der Waals surface area contributed by atoms with Gasteiger partial charge in [0, 0.05) is 0 Å². The Morgan fingerprint density at radius 1 is 1.44 bits per heavy atom. The Bertz CT molecular complexity index is 353. The number of carbonyl (C=O) groups excluding carboxylic acids is 1. The van der Waals surface area contributed by atoms with E-state index in [1.165, 1.54) is 6.08 Å². The van der Waals surface area contributed by atoms with Crippen molar-refractivity contribution in [2.45, 2.75) is 32.0 Å². The van der Waals surface area contributed by atoms with Gasteiger partial charge < -0.3 is 0 Å². The number of rotatable bonds is 3. The third kappa shape index (κ3) is 3.32. The Morgan fingerprint density at radius 2 is 2.12 bits per heavy atom. The molecule has 0 aromatic rings. The molecule has 16 heavy (non-hydrogen) atoms. The van der Waals surface area contributed by atoms with Gasteiger partial charge in [0.25, 0.3) is 0 Å². The van der Waals surface area contributed by atoms with Crippen LogP contribution in [0.15, 0.2) is 29.3 Å². The first kappa shape index (κ1) is 12.7. The molecule has 0 saturated carbocycles. The molecule has 0 amide bonds. The van der Waals surface area contributed by atoms with Crippen LogP contribution in [0.1, 0.15) is 19.8 Å². The zero-order valence-corrected chi connectivity index (χ0v) is 8.79. The molecule has 1 unspecified atom stereocenters. The zero-order valence-electron chi connectivity index (χ0n) is 8.79. The first-order valence-electron chi connectivity index (χ1n) is 4.98. The topological polar surface area (TPSA) is 29.4 Å². The van der Waals surface area contributed by atoms with Crippen LogP contribution in [0.4, 0.5) is 13.2 Å². The fourth-order valence-electron chi connectivity index (χ4n) is 1.21. The van der Waals surface area contributed by atoms with Crippen molar-refractivity contribution in [3.63, 3.8) is 0 Å². The molecule has 0 N–H and O–H groups in total. The number of carbonyl (C=O) groups is 1. The van der Waals surface area contributed by atoms with Gasteiger partial charge in [-0.3, -0.25) is 9.79 Å². The van der Waals surface area contributed by atoms with Gasteiger partial charge in [0.15, 0.2) is 5.78 Å². The molecule has 0 fully saturated rings. The molecule has 5 heteroatoms. The van der Waals surface area contributed by atoms with Crippen molar-refractivity contribution in [3.05, 3.63) is 24.3 Å². The highest BCUT2D eigenvalue weighted by Crippen LogP contribution is 2.21. The number of nitrogens with zero attached hydrogens (tertiary/aromatic N) is 1. The van der Waals surface area contributed by atoms with E-state index in [0.29, 0.717) is 6.08 Å². The lowest BCUT2D eigenvalue weighted by Crippen LogP contribution is -2.28. The molecule has 0 aromatic carbocycles. The quantitative estimate of drug-likeness (QED) is 0.687. The molecule has 1 rings (SSSR count). The lowest BCUT2D eigenvalue weighted by Gasteiger charge is -2.13. The molecule has 1 atom stereocenters. The van der Waals surface area contributed by atoms with Gasteiger partial charge in [0.05, 0.1) is 0 Å². The lowest BCUT2D eigenvalue weighted by molar-refractivity contribution is -0.115. The molecular formula is C11H12F3NO. The molecule has 0 spiro atoms. The summed E-state index contributed by atoms with van der Waals surface area (Å²) in [6.07, 6.45) is 1.85. The van der Waals surface area contributed by atoms with E-state index < -0.39 is 23.7 Å². The Balaban J connectivity index is 2.81. The second kappa shape index (κ2) is 5.09. The monoisotopic (exact) mass is 231 g/mol. The van der Waals surface area contributed by atoms with Crippen molar-refractivity contribution in [2.75, 3.05) is 0 Å². The van der Waals surface area contributed by atoms with Gasteiger partial charge in [0.2, 0.25) is 0 Å². The molecule has 0 saturated heterocycles. The van der Waals surface area contributed by atoms with Gasteiger partial charge in [0.1, 0.15) is 11.8 Å². The van der Waals surface area contributed by atoms with Gasteiger partial charge in [-0.2, -0.15) is 13.2 Å². The third-order valence-electron chi connectivity index (χ3n) is 2.04. The van der Waals surface area contributed by atoms with Crippen molar-refractivity contribution in [3.8, 4) is 0 Å². The number of dihydropyridines is 1.